The highest BCUT2D eigenvalue weighted by atomic mass is 32.2. The molecular weight excluding hydrogens is 394 g/mol. The number of thioether (sulfide) groups is 2. The molecule has 0 radical (unpaired) electrons. The summed E-state index contributed by atoms with van der Waals surface area (Å²) in [7, 11) is 1.59. The monoisotopic (exact) mass is 415 g/mol. The average molecular weight is 416 g/mol. The summed E-state index contributed by atoms with van der Waals surface area (Å²) in [4.78, 5) is 30.9. The zero-order chi connectivity index (χ0) is 19.9. The second-order valence-corrected chi connectivity index (χ2v) is 7.75. The Morgan fingerprint density at radius 2 is 2.04 bits per heavy atom. The Balaban J connectivity index is 1.78. The molecule has 0 unspecified atom stereocenters. The number of anilines is 1. The standard InChI is InChI=1S/C20H21N3O3S2/c1-26-11-10-23-19(25)16-8-3-4-9-17(16)22-20(23)28-13-18(24)21-14-6-5-7-15(12-14)27-2/h3-9,12H,10-11,13H2,1-2H3,(H,21,24). The van der Waals surface area contributed by atoms with Gasteiger partial charge in [0.15, 0.2) is 5.16 Å². The van der Waals surface area contributed by atoms with Crippen LogP contribution in [0.15, 0.2) is 63.4 Å². The van der Waals surface area contributed by atoms with Crippen molar-refractivity contribution in [3.05, 3.63) is 58.9 Å². The van der Waals surface area contributed by atoms with Crippen molar-refractivity contribution in [3.63, 3.8) is 0 Å². The average Bonchev–Trinajstić information content (AvgIpc) is 2.72. The van der Waals surface area contributed by atoms with Gasteiger partial charge in [-0.3, -0.25) is 14.2 Å². The molecule has 1 amide bonds. The van der Waals surface area contributed by atoms with E-state index >= 15 is 0 Å². The highest BCUT2D eigenvalue weighted by Crippen LogP contribution is 2.21. The van der Waals surface area contributed by atoms with Crippen LogP contribution in [-0.2, 0) is 16.1 Å². The van der Waals surface area contributed by atoms with Gasteiger partial charge in [0.25, 0.3) is 5.56 Å². The SMILES string of the molecule is COCCn1c(SCC(=O)Nc2cccc(SC)c2)nc2ccccc2c1=O. The Kier molecular flexibility index (Phi) is 7.13. The summed E-state index contributed by atoms with van der Waals surface area (Å²) in [5, 5.41) is 3.95. The lowest BCUT2D eigenvalue weighted by Gasteiger charge is -2.13. The van der Waals surface area contributed by atoms with Crippen LogP contribution in [-0.4, -0.2) is 41.2 Å². The third kappa shape index (κ3) is 4.95. The van der Waals surface area contributed by atoms with Gasteiger partial charge in [-0.2, -0.15) is 0 Å². The number of nitrogens with one attached hydrogen (secondary N) is 1. The number of nitrogens with zero attached hydrogens (tertiary/aromatic N) is 2. The molecule has 3 rings (SSSR count). The first-order valence-electron chi connectivity index (χ1n) is 8.67. The molecule has 0 bridgehead atoms. The fourth-order valence-electron chi connectivity index (χ4n) is 2.67. The number of ether oxygens (including phenoxy) is 1. The van der Waals surface area contributed by atoms with Gasteiger partial charge in [0.2, 0.25) is 5.91 Å². The second-order valence-electron chi connectivity index (χ2n) is 5.93. The van der Waals surface area contributed by atoms with Crippen LogP contribution in [0.3, 0.4) is 0 Å². The van der Waals surface area contributed by atoms with E-state index in [-0.39, 0.29) is 17.2 Å². The Hall–Kier alpha value is -2.29. The molecule has 3 aromatic rings. The molecule has 8 heteroatoms. The Bertz CT molecular complexity index is 1040. The fourth-order valence-corrected chi connectivity index (χ4v) is 3.95. The number of carbonyl (C=O) groups excluding carboxylic acids is 1. The number of carbonyl (C=O) groups is 1. The van der Waals surface area contributed by atoms with Gasteiger partial charge in [0.1, 0.15) is 0 Å². The largest absolute Gasteiger partial charge is 0.383 e. The van der Waals surface area contributed by atoms with Crippen LogP contribution in [0.5, 0.6) is 0 Å². The highest BCUT2D eigenvalue weighted by molar-refractivity contribution is 7.99. The Morgan fingerprint density at radius 3 is 2.82 bits per heavy atom. The molecule has 0 saturated carbocycles. The molecule has 1 heterocycles. The van der Waals surface area contributed by atoms with Crippen LogP contribution < -0.4 is 10.9 Å². The van der Waals surface area contributed by atoms with E-state index < -0.39 is 0 Å². The maximum atomic E-state index is 12.8. The minimum absolute atomic E-state index is 0.127. The molecule has 146 valence electrons. The topological polar surface area (TPSA) is 73.2 Å². The number of methoxy groups -OCH3 is 1. The van der Waals surface area contributed by atoms with Crippen LogP contribution in [0.1, 0.15) is 0 Å². The highest BCUT2D eigenvalue weighted by Gasteiger charge is 2.13. The van der Waals surface area contributed by atoms with E-state index in [4.69, 9.17) is 4.74 Å². The summed E-state index contributed by atoms with van der Waals surface area (Å²) in [6.07, 6.45) is 1.99. The molecule has 0 aliphatic carbocycles. The predicted octanol–water partition coefficient (Wildman–Crippen LogP) is 3.50. The molecular formula is C20H21N3O3S2. The molecule has 6 nitrogen and oxygen atoms in total. The van der Waals surface area contributed by atoms with E-state index in [1.807, 2.05) is 42.7 Å². The first-order chi connectivity index (χ1) is 13.6. The van der Waals surface area contributed by atoms with Gasteiger partial charge in [-0.05, 0) is 36.6 Å². The number of amides is 1. The maximum Gasteiger partial charge on any atom is 0.262 e. The molecule has 1 aromatic heterocycles. The molecule has 2 aromatic carbocycles. The third-order valence-electron chi connectivity index (χ3n) is 4.03. The molecule has 0 saturated heterocycles. The van der Waals surface area contributed by atoms with Crippen molar-refractivity contribution >= 4 is 46.0 Å². The third-order valence-corrected chi connectivity index (χ3v) is 5.73. The van der Waals surface area contributed by atoms with E-state index in [0.29, 0.717) is 29.2 Å². The van der Waals surface area contributed by atoms with Gasteiger partial charge in [-0.1, -0.05) is 30.0 Å². The van der Waals surface area contributed by atoms with Gasteiger partial charge in [0.05, 0.1) is 29.8 Å². The van der Waals surface area contributed by atoms with E-state index in [0.717, 1.165) is 10.6 Å². The molecule has 1 N–H and O–H groups in total. The van der Waals surface area contributed by atoms with Crippen LogP contribution >= 0.6 is 23.5 Å². The number of hydrogen-bond donors (Lipinski definition) is 1. The minimum atomic E-state index is -0.149. The van der Waals surface area contributed by atoms with Gasteiger partial charge >= 0.3 is 0 Å². The molecule has 0 spiro atoms. The Labute approximate surface area is 171 Å². The molecule has 0 fully saturated rings. The minimum Gasteiger partial charge on any atom is -0.383 e. The smallest absolute Gasteiger partial charge is 0.262 e. The van der Waals surface area contributed by atoms with Gasteiger partial charge in [-0.15, -0.1) is 11.8 Å². The summed E-state index contributed by atoms with van der Waals surface area (Å²) in [6, 6.07) is 14.9. The zero-order valence-corrected chi connectivity index (χ0v) is 17.3. The Morgan fingerprint density at radius 1 is 1.21 bits per heavy atom. The number of fused-ring (bicyclic) bond motifs is 1. The number of para-hydroxylation sites is 1. The maximum absolute atomic E-state index is 12.8. The number of benzene rings is 2. The van der Waals surface area contributed by atoms with Crippen molar-refractivity contribution in [2.24, 2.45) is 0 Å². The van der Waals surface area contributed by atoms with E-state index in [9.17, 15) is 9.59 Å². The summed E-state index contributed by atoms with van der Waals surface area (Å²) >= 11 is 2.86. The molecule has 0 atom stereocenters. The summed E-state index contributed by atoms with van der Waals surface area (Å²) in [5.41, 5.74) is 1.25. The normalized spacial score (nSPS) is 10.9. The lowest BCUT2D eigenvalue weighted by molar-refractivity contribution is -0.113. The van der Waals surface area contributed by atoms with Gasteiger partial charge in [0, 0.05) is 17.7 Å². The van der Waals surface area contributed by atoms with Crippen molar-refractivity contribution in [1.82, 2.24) is 9.55 Å². The van der Waals surface area contributed by atoms with Crippen LogP contribution in [0, 0.1) is 0 Å². The van der Waals surface area contributed by atoms with Crippen LogP contribution in [0.25, 0.3) is 10.9 Å². The molecule has 28 heavy (non-hydrogen) atoms. The van der Waals surface area contributed by atoms with E-state index in [2.05, 4.69) is 10.3 Å². The number of aromatic nitrogens is 2. The van der Waals surface area contributed by atoms with Crippen molar-refractivity contribution in [2.75, 3.05) is 31.0 Å². The first kappa shape index (κ1) is 20.4. The van der Waals surface area contributed by atoms with Crippen molar-refractivity contribution in [2.45, 2.75) is 16.6 Å². The zero-order valence-electron chi connectivity index (χ0n) is 15.7. The van der Waals surface area contributed by atoms with Crippen molar-refractivity contribution < 1.29 is 9.53 Å². The second kappa shape index (κ2) is 9.77. The molecule has 0 aliphatic rings. The first-order valence-corrected chi connectivity index (χ1v) is 10.9. The number of hydrogen-bond acceptors (Lipinski definition) is 6. The van der Waals surface area contributed by atoms with Gasteiger partial charge in [-0.25, -0.2) is 4.98 Å². The van der Waals surface area contributed by atoms with Gasteiger partial charge < -0.3 is 10.1 Å². The number of rotatable bonds is 8. The molecule has 0 aliphatic heterocycles. The lowest BCUT2D eigenvalue weighted by Crippen LogP contribution is -2.26. The van der Waals surface area contributed by atoms with Crippen molar-refractivity contribution in [1.29, 1.82) is 0 Å². The van der Waals surface area contributed by atoms with E-state index in [1.54, 1.807) is 35.6 Å². The lowest BCUT2D eigenvalue weighted by atomic mass is 10.2. The summed E-state index contributed by atoms with van der Waals surface area (Å²) in [5.74, 6) is 0.00491. The van der Waals surface area contributed by atoms with Crippen LogP contribution in [0.4, 0.5) is 5.69 Å². The van der Waals surface area contributed by atoms with E-state index in [1.165, 1.54) is 11.8 Å². The predicted molar refractivity (Wildman–Crippen MR) is 115 cm³/mol. The van der Waals surface area contributed by atoms with Crippen molar-refractivity contribution in [3.8, 4) is 0 Å². The van der Waals surface area contributed by atoms with Crippen LogP contribution in [0.2, 0.25) is 0 Å². The summed E-state index contributed by atoms with van der Waals surface area (Å²) in [6.45, 7) is 0.772. The quantitative estimate of drug-likeness (QED) is 0.448. The fraction of sp³-hybridized carbons (Fsp3) is 0.250. The summed E-state index contributed by atoms with van der Waals surface area (Å²) < 4.78 is 6.68.